The van der Waals surface area contributed by atoms with E-state index >= 15 is 0 Å². The average Bonchev–Trinajstić information content (AvgIpc) is 2.74. The molecule has 30 heavy (non-hydrogen) atoms. The molecular formula is C23H21Cl2NO4. The van der Waals surface area contributed by atoms with E-state index < -0.39 is 0 Å². The third-order valence-electron chi connectivity index (χ3n) is 5.76. The highest BCUT2D eigenvalue weighted by Crippen LogP contribution is 2.44. The number of ketones is 1. The molecule has 1 aliphatic carbocycles. The van der Waals surface area contributed by atoms with E-state index in [1.165, 1.54) is 0 Å². The van der Waals surface area contributed by atoms with Gasteiger partial charge < -0.3 is 14.8 Å². The van der Waals surface area contributed by atoms with Crippen LogP contribution in [0.15, 0.2) is 47.7 Å². The number of hydrogen-bond donors (Lipinski definition) is 1. The van der Waals surface area contributed by atoms with Crippen LogP contribution < -0.4 is 14.8 Å². The average molecular weight is 446 g/mol. The molecule has 156 valence electrons. The standard InChI is InChI=1S/C23H21Cl2NO4/c1-29-20-6-4-12(10-21(20)30-2)14-8-18-23(19(27)9-14)15(11-22(28)26-18)13-3-5-16(24)17(25)7-13/h3-7,10,14-15H,8-9,11H2,1-2H3,(H,26,28)/t14-,15+/m0/s1. The zero-order valence-electron chi connectivity index (χ0n) is 16.6. The van der Waals surface area contributed by atoms with Gasteiger partial charge in [-0.25, -0.2) is 0 Å². The largest absolute Gasteiger partial charge is 0.493 e. The number of carbonyl (C=O) groups excluding carboxylic acids is 2. The van der Waals surface area contributed by atoms with Crippen LogP contribution in [0.25, 0.3) is 0 Å². The van der Waals surface area contributed by atoms with Crippen molar-refractivity contribution in [1.29, 1.82) is 0 Å². The number of hydrogen-bond acceptors (Lipinski definition) is 4. The van der Waals surface area contributed by atoms with E-state index in [9.17, 15) is 9.59 Å². The van der Waals surface area contributed by atoms with E-state index in [1.807, 2.05) is 24.3 Å². The molecule has 2 aromatic carbocycles. The molecule has 1 N–H and O–H groups in total. The van der Waals surface area contributed by atoms with Crippen molar-refractivity contribution >= 4 is 34.9 Å². The van der Waals surface area contributed by atoms with Crippen molar-refractivity contribution < 1.29 is 19.1 Å². The number of allylic oxidation sites excluding steroid dienone is 2. The van der Waals surface area contributed by atoms with Crippen molar-refractivity contribution in [3.63, 3.8) is 0 Å². The summed E-state index contributed by atoms with van der Waals surface area (Å²) in [7, 11) is 3.16. The first kappa shape index (κ1) is 20.8. The van der Waals surface area contributed by atoms with Crippen molar-refractivity contribution in [1.82, 2.24) is 5.32 Å². The van der Waals surface area contributed by atoms with Gasteiger partial charge in [-0.05, 0) is 47.7 Å². The summed E-state index contributed by atoms with van der Waals surface area (Å²) in [6, 6.07) is 10.9. The van der Waals surface area contributed by atoms with Crippen LogP contribution in [-0.4, -0.2) is 25.9 Å². The number of ether oxygens (including phenoxy) is 2. The highest BCUT2D eigenvalue weighted by Gasteiger charge is 2.38. The fourth-order valence-corrected chi connectivity index (χ4v) is 4.62. The molecule has 4 rings (SSSR count). The van der Waals surface area contributed by atoms with Crippen LogP contribution in [0.4, 0.5) is 0 Å². The topological polar surface area (TPSA) is 64.6 Å². The number of methoxy groups -OCH3 is 2. The Labute approximate surface area is 185 Å². The quantitative estimate of drug-likeness (QED) is 0.717. The van der Waals surface area contributed by atoms with Crippen molar-refractivity contribution in [3.8, 4) is 11.5 Å². The number of Topliss-reactive ketones (excluding diaryl/α,β-unsaturated/α-hetero) is 1. The second-order valence-corrected chi connectivity index (χ2v) is 8.33. The summed E-state index contributed by atoms with van der Waals surface area (Å²) >= 11 is 12.2. The summed E-state index contributed by atoms with van der Waals surface area (Å²) in [5, 5.41) is 3.78. The van der Waals surface area contributed by atoms with Gasteiger partial charge in [0.25, 0.3) is 0 Å². The number of halogens is 2. The molecule has 1 heterocycles. The number of rotatable bonds is 4. The van der Waals surface area contributed by atoms with Gasteiger partial charge in [0.05, 0.1) is 24.3 Å². The molecule has 2 aliphatic rings. The van der Waals surface area contributed by atoms with Gasteiger partial charge in [-0.3, -0.25) is 9.59 Å². The van der Waals surface area contributed by atoms with Gasteiger partial charge in [0.15, 0.2) is 17.3 Å². The number of nitrogens with one attached hydrogen (secondary N) is 1. The summed E-state index contributed by atoms with van der Waals surface area (Å²) in [5.74, 6) is 0.807. The maximum atomic E-state index is 13.2. The molecular weight excluding hydrogens is 425 g/mol. The number of benzene rings is 2. The van der Waals surface area contributed by atoms with E-state index in [-0.39, 0.29) is 29.9 Å². The van der Waals surface area contributed by atoms with Gasteiger partial charge in [0.2, 0.25) is 5.91 Å². The van der Waals surface area contributed by atoms with E-state index in [0.717, 1.165) is 11.1 Å². The zero-order valence-corrected chi connectivity index (χ0v) is 18.1. The highest BCUT2D eigenvalue weighted by molar-refractivity contribution is 6.42. The number of carbonyl (C=O) groups is 2. The minimum Gasteiger partial charge on any atom is -0.493 e. The summed E-state index contributed by atoms with van der Waals surface area (Å²) < 4.78 is 10.7. The Morgan fingerprint density at radius 3 is 2.30 bits per heavy atom. The van der Waals surface area contributed by atoms with Crippen molar-refractivity contribution in [3.05, 3.63) is 68.8 Å². The fourth-order valence-electron chi connectivity index (χ4n) is 4.32. The van der Waals surface area contributed by atoms with Crippen molar-refractivity contribution in [2.45, 2.75) is 31.1 Å². The first-order valence-corrected chi connectivity index (χ1v) is 10.4. The molecule has 0 radical (unpaired) electrons. The Hall–Kier alpha value is -2.50. The molecule has 2 atom stereocenters. The predicted octanol–water partition coefficient (Wildman–Crippen LogP) is 5.01. The van der Waals surface area contributed by atoms with Crippen LogP contribution >= 0.6 is 23.2 Å². The number of amides is 1. The molecule has 0 fully saturated rings. The van der Waals surface area contributed by atoms with Crippen LogP contribution in [0.2, 0.25) is 10.0 Å². The predicted molar refractivity (Wildman–Crippen MR) is 116 cm³/mol. The summed E-state index contributed by atoms with van der Waals surface area (Å²) in [4.78, 5) is 25.6. The molecule has 0 saturated heterocycles. The molecule has 2 aromatic rings. The second-order valence-electron chi connectivity index (χ2n) is 7.51. The third kappa shape index (κ3) is 3.80. The fraction of sp³-hybridized carbons (Fsp3) is 0.304. The van der Waals surface area contributed by atoms with E-state index in [1.54, 1.807) is 26.4 Å². The van der Waals surface area contributed by atoms with Crippen LogP contribution in [0.1, 0.15) is 42.2 Å². The lowest BCUT2D eigenvalue weighted by Crippen LogP contribution is -2.38. The Morgan fingerprint density at radius 1 is 0.867 bits per heavy atom. The second kappa shape index (κ2) is 8.32. The minimum atomic E-state index is -0.317. The van der Waals surface area contributed by atoms with Gasteiger partial charge >= 0.3 is 0 Å². The summed E-state index contributed by atoms with van der Waals surface area (Å²) in [5.41, 5.74) is 3.16. The monoisotopic (exact) mass is 445 g/mol. The summed E-state index contributed by atoms with van der Waals surface area (Å²) in [6.07, 6.45) is 1.14. The lowest BCUT2D eigenvalue weighted by molar-refractivity contribution is -0.122. The third-order valence-corrected chi connectivity index (χ3v) is 6.50. The molecule has 5 nitrogen and oxygen atoms in total. The maximum absolute atomic E-state index is 13.2. The van der Waals surface area contributed by atoms with Gasteiger partial charge in [0, 0.05) is 30.0 Å². The van der Waals surface area contributed by atoms with E-state index in [4.69, 9.17) is 32.7 Å². The van der Waals surface area contributed by atoms with Crippen LogP contribution in [0.3, 0.4) is 0 Å². The molecule has 1 aliphatic heterocycles. The SMILES string of the molecule is COc1ccc([C@@H]2CC(=O)C3=C(C2)NC(=O)C[C@@H]3c2ccc(Cl)c(Cl)c2)cc1OC. The molecule has 0 spiro atoms. The lowest BCUT2D eigenvalue weighted by atomic mass is 9.73. The first-order chi connectivity index (χ1) is 14.4. The Kier molecular flexibility index (Phi) is 5.76. The molecule has 0 saturated carbocycles. The van der Waals surface area contributed by atoms with Gasteiger partial charge in [-0.1, -0.05) is 35.3 Å². The Balaban J connectivity index is 1.70. The van der Waals surface area contributed by atoms with Gasteiger partial charge in [-0.2, -0.15) is 0 Å². The van der Waals surface area contributed by atoms with Crippen LogP contribution in [0.5, 0.6) is 11.5 Å². The van der Waals surface area contributed by atoms with Crippen LogP contribution in [-0.2, 0) is 9.59 Å². The van der Waals surface area contributed by atoms with E-state index in [0.29, 0.717) is 45.7 Å². The van der Waals surface area contributed by atoms with Gasteiger partial charge in [-0.15, -0.1) is 0 Å². The van der Waals surface area contributed by atoms with Crippen molar-refractivity contribution in [2.75, 3.05) is 14.2 Å². The molecule has 0 unspecified atom stereocenters. The first-order valence-electron chi connectivity index (χ1n) is 9.64. The minimum absolute atomic E-state index is 0.0344. The molecule has 7 heteroatoms. The van der Waals surface area contributed by atoms with E-state index in [2.05, 4.69) is 5.32 Å². The smallest absolute Gasteiger partial charge is 0.225 e. The van der Waals surface area contributed by atoms with Crippen molar-refractivity contribution in [2.24, 2.45) is 0 Å². The Bertz CT molecular complexity index is 1060. The normalized spacial score (nSPS) is 21.2. The maximum Gasteiger partial charge on any atom is 0.225 e. The Morgan fingerprint density at radius 2 is 1.60 bits per heavy atom. The van der Waals surface area contributed by atoms with Gasteiger partial charge in [0.1, 0.15) is 0 Å². The highest BCUT2D eigenvalue weighted by atomic mass is 35.5. The summed E-state index contributed by atoms with van der Waals surface area (Å²) in [6.45, 7) is 0. The molecule has 0 bridgehead atoms. The zero-order chi connectivity index (χ0) is 21.4. The lowest BCUT2D eigenvalue weighted by Gasteiger charge is -2.34. The van der Waals surface area contributed by atoms with Crippen LogP contribution in [0, 0.1) is 0 Å². The molecule has 1 amide bonds. The molecule has 0 aromatic heterocycles.